The van der Waals surface area contributed by atoms with Crippen molar-refractivity contribution in [2.45, 2.75) is 161 Å². The van der Waals surface area contributed by atoms with Gasteiger partial charge in [-0.25, -0.2) is 0 Å². The minimum absolute atomic E-state index is 0.0607. The van der Waals surface area contributed by atoms with Crippen molar-refractivity contribution in [1.29, 1.82) is 0 Å². The van der Waals surface area contributed by atoms with Gasteiger partial charge in [0, 0.05) is 27.9 Å². The van der Waals surface area contributed by atoms with E-state index in [1.165, 1.54) is 51.4 Å². The van der Waals surface area contributed by atoms with E-state index in [1.807, 2.05) is 30.3 Å². The highest BCUT2D eigenvalue weighted by atomic mass is 35.5. The SMILES string of the molecule is CCCCCCCCOc1ccc(C(C)(C)C)cc1C(O)(c1cc(C(C)(C)C)ccc1OCCCCCCCC)C(Cc1ccccc1)N=Cc1cc(Cl)ccc1O. The molecule has 4 aromatic rings. The number of phenols is 1. The van der Waals surface area contributed by atoms with Crippen LogP contribution in [0.15, 0.2) is 89.9 Å². The first-order valence-electron chi connectivity index (χ1n) is 22.0. The van der Waals surface area contributed by atoms with E-state index in [1.54, 1.807) is 24.4 Å². The van der Waals surface area contributed by atoms with Crippen LogP contribution < -0.4 is 9.47 Å². The number of nitrogens with zero attached hydrogens (tertiary/aromatic N) is 1. The van der Waals surface area contributed by atoms with Crippen molar-refractivity contribution in [3.05, 3.63) is 123 Å². The van der Waals surface area contributed by atoms with Gasteiger partial charge in [-0.3, -0.25) is 4.99 Å². The van der Waals surface area contributed by atoms with E-state index in [4.69, 9.17) is 26.1 Å². The Balaban J connectivity index is 2.00. The molecule has 58 heavy (non-hydrogen) atoms. The van der Waals surface area contributed by atoms with Crippen molar-refractivity contribution >= 4 is 17.8 Å². The Bertz CT molecular complexity index is 1780. The van der Waals surface area contributed by atoms with E-state index in [-0.39, 0.29) is 16.6 Å². The maximum Gasteiger partial charge on any atom is 0.144 e. The molecule has 0 saturated carbocycles. The minimum atomic E-state index is -1.75. The third kappa shape index (κ3) is 13.6. The van der Waals surface area contributed by atoms with Gasteiger partial charge in [0.15, 0.2) is 0 Å². The summed E-state index contributed by atoms with van der Waals surface area (Å²) < 4.78 is 13.5. The lowest BCUT2D eigenvalue weighted by Crippen LogP contribution is -2.42. The first-order valence-corrected chi connectivity index (χ1v) is 22.4. The van der Waals surface area contributed by atoms with Crippen LogP contribution >= 0.6 is 11.6 Å². The fourth-order valence-electron chi connectivity index (χ4n) is 7.42. The van der Waals surface area contributed by atoms with Crippen LogP contribution in [0.5, 0.6) is 17.2 Å². The molecule has 1 atom stereocenters. The van der Waals surface area contributed by atoms with Gasteiger partial charge in [0.1, 0.15) is 22.8 Å². The Labute approximate surface area is 356 Å². The van der Waals surface area contributed by atoms with E-state index >= 15 is 0 Å². The summed E-state index contributed by atoms with van der Waals surface area (Å²) in [5, 5.41) is 25.7. The number of hydrogen-bond donors (Lipinski definition) is 2. The van der Waals surface area contributed by atoms with E-state index in [2.05, 4.69) is 91.8 Å². The van der Waals surface area contributed by atoms with Crippen molar-refractivity contribution in [2.24, 2.45) is 4.99 Å². The van der Waals surface area contributed by atoms with Crippen LogP contribution in [-0.4, -0.2) is 35.7 Å². The van der Waals surface area contributed by atoms with E-state index in [9.17, 15) is 10.2 Å². The Morgan fingerprint density at radius 3 is 1.59 bits per heavy atom. The number of ether oxygens (including phenoxy) is 2. The summed E-state index contributed by atoms with van der Waals surface area (Å²) in [4.78, 5) is 5.25. The molecule has 0 aliphatic heterocycles. The summed E-state index contributed by atoms with van der Waals surface area (Å²) in [5.74, 6) is 1.32. The number of benzene rings is 4. The molecule has 5 nitrogen and oxygen atoms in total. The summed E-state index contributed by atoms with van der Waals surface area (Å²) in [6.07, 6.45) is 15.8. The van der Waals surface area contributed by atoms with Crippen LogP contribution in [0.4, 0.5) is 0 Å². The lowest BCUT2D eigenvalue weighted by atomic mass is 9.73. The molecule has 0 saturated heterocycles. The predicted molar refractivity (Wildman–Crippen MR) is 246 cm³/mol. The van der Waals surface area contributed by atoms with Crippen molar-refractivity contribution in [2.75, 3.05) is 13.2 Å². The lowest BCUT2D eigenvalue weighted by molar-refractivity contribution is 0.0460. The Morgan fingerprint density at radius 1 is 0.621 bits per heavy atom. The molecule has 4 rings (SSSR count). The molecular formula is C52H72ClNO4. The maximum atomic E-state index is 14.3. The van der Waals surface area contributed by atoms with E-state index < -0.39 is 11.6 Å². The molecule has 0 fully saturated rings. The zero-order chi connectivity index (χ0) is 42.2. The number of rotatable bonds is 23. The van der Waals surface area contributed by atoms with Gasteiger partial charge in [-0.05, 0) is 89.2 Å². The van der Waals surface area contributed by atoms with Crippen molar-refractivity contribution < 1.29 is 19.7 Å². The smallest absolute Gasteiger partial charge is 0.144 e. The number of phenolic OH excluding ortho intramolecular Hbond substituents is 1. The molecule has 0 spiro atoms. The zero-order valence-electron chi connectivity index (χ0n) is 36.9. The van der Waals surface area contributed by atoms with Crippen LogP contribution in [0.3, 0.4) is 0 Å². The maximum absolute atomic E-state index is 14.3. The Kier molecular flexibility index (Phi) is 18.2. The molecule has 0 bridgehead atoms. The van der Waals surface area contributed by atoms with Crippen LogP contribution in [-0.2, 0) is 22.9 Å². The molecule has 0 radical (unpaired) electrons. The first kappa shape index (κ1) is 46.9. The predicted octanol–water partition coefficient (Wildman–Crippen LogP) is 14.1. The van der Waals surface area contributed by atoms with Crippen molar-refractivity contribution in [3.63, 3.8) is 0 Å². The molecule has 0 heterocycles. The van der Waals surface area contributed by atoms with Crippen molar-refractivity contribution in [3.8, 4) is 17.2 Å². The van der Waals surface area contributed by atoms with Gasteiger partial charge in [-0.15, -0.1) is 0 Å². The Hall–Kier alpha value is -3.80. The Morgan fingerprint density at radius 2 is 1.10 bits per heavy atom. The first-order chi connectivity index (χ1) is 27.7. The topological polar surface area (TPSA) is 71.3 Å². The summed E-state index contributed by atoms with van der Waals surface area (Å²) in [6, 6.07) is 26.9. The molecule has 4 aromatic carbocycles. The molecule has 1 unspecified atom stereocenters. The average molecular weight is 811 g/mol. The van der Waals surface area contributed by atoms with Gasteiger partial charge < -0.3 is 19.7 Å². The molecule has 316 valence electrons. The second-order valence-electron chi connectivity index (χ2n) is 18.1. The molecular weight excluding hydrogens is 738 g/mol. The normalized spacial score (nSPS) is 12.9. The van der Waals surface area contributed by atoms with Crippen LogP contribution in [0.1, 0.15) is 166 Å². The van der Waals surface area contributed by atoms with Gasteiger partial charge >= 0.3 is 0 Å². The second-order valence-corrected chi connectivity index (χ2v) is 18.5. The summed E-state index contributed by atoms with van der Waals surface area (Å²) in [7, 11) is 0. The fourth-order valence-corrected chi connectivity index (χ4v) is 7.60. The highest BCUT2D eigenvalue weighted by molar-refractivity contribution is 6.30. The number of aliphatic hydroxyl groups is 1. The third-order valence-corrected chi connectivity index (χ3v) is 11.4. The lowest BCUT2D eigenvalue weighted by Gasteiger charge is -2.39. The van der Waals surface area contributed by atoms with E-state index in [0.29, 0.717) is 52.8 Å². The van der Waals surface area contributed by atoms with Gasteiger partial charge in [0.25, 0.3) is 0 Å². The highest BCUT2D eigenvalue weighted by Gasteiger charge is 2.45. The number of aliphatic imine (C=N–C) groups is 1. The number of aromatic hydroxyl groups is 1. The fraction of sp³-hybridized carbons (Fsp3) is 0.519. The average Bonchev–Trinajstić information content (AvgIpc) is 3.19. The van der Waals surface area contributed by atoms with Crippen LogP contribution in [0, 0.1) is 0 Å². The molecule has 2 N–H and O–H groups in total. The molecule has 0 aromatic heterocycles. The van der Waals surface area contributed by atoms with Gasteiger partial charge in [0.2, 0.25) is 0 Å². The van der Waals surface area contributed by atoms with Crippen LogP contribution in [0.25, 0.3) is 0 Å². The van der Waals surface area contributed by atoms with Gasteiger partial charge in [-0.2, -0.15) is 0 Å². The summed E-state index contributed by atoms with van der Waals surface area (Å²) in [5.41, 5.74) is 2.74. The number of halogens is 1. The number of unbranched alkanes of at least 4 members (excludes halogenated alkanes) is 10. The zero-order valence-corrected chi connectivity index (χ0v) is 37.6. The second kappa shape index (κ2) is 22.5. The minimum Gasteiger partial charge on any atom is -0.507 e. The van der Waals surface area contributed by atoms with Gasteiger partial charge in [0.05, 0.1) is 19.3 Å². The molecule has 0 amide bonds. The molecule has 0 aliphatic carbocycles. The van der Waals surface area contributed by atoms with Crippen LogP contribution in [0.2, 0.25) is 5.02 Å². The molecule has 0 aliphatic rings. The third-order valence-electron chi connectivity index (χ3n) is 11.2. The molecule has 6 heteroatoms. The van der Waals surface area contributed by atoms with Gasteiger partial charge in [-0.1, -0.05) is 174 Å². The van der Waals surface area contributed by atoms with Crippen molar-refractivity contribution in [1.82, 2.24) is 0 Å². The van der Waals surface area contributed by atoms with E-state index in [0.717, 1.165) is 42.4 Å². The standard InChI is InChI=1S/C52H72ClNO4/c1-9-11-13-15-17-22-32-57-47-30-26-41(50(3,4)5)36-44(47)52(56,45-37-42(51(6,7)8)27-31-48(45)58-33-23-18-16-14-12-10-2)49(34-39-24-20-19-21-25-39)54-38-40-35-43(53)28-29-46(40)55/h19-21,24-31,35-38,49,55-56H,9-18,22-23,32-34H2,1-8H3. The summed E-state index contributed by atoms with van der Waals surface area (Å²) >= 11 is 6.44. The monoisotopic (exact) mass is 810 g/mol. The number of hydrogen-bond acceptors (Lipinski definition) is 5. The summed E-state index contributed by atoms with van der Waals surface area (Å²) in [6.45, 7) is 18.7. The highest BCUT2D eigenvalue weighted by Crippen LogP contribution is 2.47. The largest absolute Gasteiger partial charge is 0.507 e. The quantitative estimate of drug-likeness (QED) is 0.0578.